The summed E-state index contributed by atoms with van der Waals surface area (Å²) >= 11 is 0. The van der Waals surface area contributed by atoms with Gasteiger partial charge in [0.25, 0.3) is 5.69 Å². The SMILES string of the molecule is O=[N+]([O-])c1ccc(CCn2cc(CCCO)nn2)cc1. The Morgan fingerprint density at radius 1 is 1.25 bits per heavy atom. The standard InChI is InChI=1S/C13H16N4O3/c18-9-1-2-12-10-16(15-14-12)8-7-11-3-5-13(6-4-11)17(19)20/h3-6,10,18H,1-2,7-9H2. The Morgan fingerprint density at radius 3 is 2.65 bits per heavy atom. The van der Waals surface area contributed by atoms with E-state index in [1.165, 1.54) is 12.1 Å². The molecule has 1 N–H and O–H groups in total. The van der Waals surface area contributed by atoms with Gasteiger partial charge in [0.1, 0.15) is 0 Å². The fraction of sp³-hybridized carbons (Fsp3) is 0.385. The van der Waals surface area contributed by atoms with Gasteiger partial charge in [0, 0.05) is 31.5 Å². The van der Waals surface area contributed by atoms with Gasteiger partial charge >= 0.3 is 0 Å². The first kappa shape index (κ1) is 14.1. The number of aliphatic hydroxyl groups is 1. The van der Waals surface area contributed by atoms with Crippen LogP contribution in [0.5, 0.6) is 0 Å². The van der Waals surface area contributed by atoms with E-state index in [9.17, 15) is 10.1 Å². The third kappa shape index (κ3) is 3.86. The second kappa shape index (κ2) is 6.76. The number of nitrogens with zero attached hydrogens (tertiary/aromatic N) is 4. The van der Waals surface area contributed by atoms with Gasteiger partial charge in [-0.2, -0.15) is 0 Å². The van der Waals surface area contributed by atoms with Gasteiger partial charge in [0.05, 0.1) is 10.6 Å². The molecule has 0 saturated carbocycles. The highest BCUT2D eigenvalue weighted by molar-refractivity contribution is 5.32. The summed E-state index contributed by atoms with van der Waals surface area (Å²) in [6, 6.07) is 6.51. The first-order valence-electron chi connectivity index (χ1n) is 6.42. The largest absolute Gasteiger partial charge is 0.396 e. The van der Waals surface area contributed by atoms with E-state index in [-0.39, 0.29) is 12.3 Å². The Balaban J connectivity index is 1.88. The number of aromatic nitrogens is 3. The highest BCUT2D eigenvalue weighted by Crippen LogP contribution is 2.12. The predicted molar refractivity (Wildman–Crippen MR) is 72.2 cm³/mol. The summed E-state index contributed by atoms with van der Waals surface area (Å²) in [5.74, 6) is 0. The van der Waals surface area contributed by atoms with Crippen molar-refractivity contribution in [1.29, 1.82) is 0 Å². The fourth-order valence-electron chi connectivity index (χ4n) is 1.85. The molecule has 0 aliphatic heterocycles. The topological polar surface area (TPSA) is 94.1 Å². The Labute approximate surface area is 116 Å². The fourth-order valence-corrected chi connectivity index (χ4v) is 1.85. The van der Waals surface area contributed by atoms with E-state index in [1.807, 2.05) is 6.20 Å². The molecule has 0 saturated heterocycles. The van der Waals surface area contributed by atoms with Gasteiger partial charge in [-0.1, -0.05) is 17.3 Å². The maximum Gasteiger partial charge on any atom is 0.269 e. The molecule has 0 amide bonds. The molecule has 1 aromatic carbocycles. The molecule has 2 aromatic rings. The van der Waals surface area contributed by atoms with Gasteiger partial charge in [-0.15, -0.1) is 5.10 Å². The molecule has 0 spiro atoms. The van der Waals surface area contributed by atoms with E-state index in [1.54, 1.807) is 16.8 Å². The number of non-ortho nitro benzene ring substituents is 1. The van der Waals surface area contributed by atoms with Gasteiger partial charge < -0.3 is 5.11 Å². The van der Waals surface area contributed by atoms with Gasteiger partial charge in [-0.05, 0) is 24.8 Å². The monoisotopic (exact) mass is 276 g/mol. The third-order valence-electron chi connectivity index (χ3n) is 2.95. The molecule has 7 heteroatoms. The summed E-state index contributed by atoms with van der Waals surface area (Å²) in [5, 5.41) is 27.3. The molecule has 0 unspecified atom stereocenters. The maximum atomic E-state index is 10.5. The van der Waals surface area contributed by atoms with Crippen LogP contribution in [0.3, 0.4) is 0 Å². The van der Waals surface area contributed by atoms with E-state index in [4.69, 9.17) is 5.11 Å². The summed E-state index contributed by atoms with van der Waals surface area (Å²) in [5.41, 5.74) is 1.98. The number of aliphatic hydroxyl groups excluding tert-OH is 1. The third-order valence-corrected chi connectivity index (χ3v) is 2.95. The maximum absolute atomic E-state index is 10.5. The normalized spacial score (nSPS) is 10.7. The van der Waals surface area contributed by atoms with Crippen molar-refractivity contribution in [3.63, 3.8) is 0 Å². The minimum atomic E-state index is -0.408. The van der Waals surface area contributed by atoms with Crippen LogP contribution >= 0.6 is 0 Å². The van der Waals surface area contributed by atoms with E-state index >= 15 is 0 Å². The molecule has 2 rings (SSSR count). The predicted octanol–water partition coefficient (Wildman–Crippen LogP) is 1.35. The van der Waals surface area contributed by atoms with Gasteiger partial charge in [-0.3, -0.25) is 14.8 Å². The molecule has 0 radical (unpaired) electrons. The van der Waals surface area contributed by atoms with Crippen molar-refractivity contribution in [1.82, 2.24) is 15.0 Å². The first-order valence-corrected chi connectivity index (χ1v) is 6.42. The lowest BCUT2D eigenvalue weighted by atomic mass is 10.1. The Hall–Kier alpha value is -2.28. The number of nitro benzene ring substituents is 1. The number of hydrogen-bond donors (Lipinski definition) is 1. The van der Waals surface area contributed by atoms with Crippen LogP contribution in [-0.4, -0.2) is 31.6 Å². The van der Waals surface area contributed by atoms with Crippen molar-refractivity contribution < 1.29 is 10.0 Å². The van der Waals surface area contributed by atoms with Gasteiger partial charge in [-0.25, -0.2) is 0 Å². The lowest BCUT2D eigenvalue weighted by Gasteiger charge is -2.01. The van der Waals surface area contributed by atoms with E-state index < -0.39 is 4.92 Å². The number of hydrogen-bond acceptors (Lipinski definition) is 5. The Bertz CT molecular complexity index is 565. The van der Waals surface area contributed by atoms with Crippen molar-refractivity contribution in [2.75, 3.05) is 6.61 Å². The van der Waals surface area contributed by atoms with Crippen LogP contribution in [0.2, 0.25) is 0 Å². The van der Waals surface area contributed by atoms with Crippen molar-refractivity contribution in [2.24, 2.45) is 0 Å². The second-order valence-electron chi connectivity index (χ2n) is 4.47. The van der Waals surface area contributed by atoms with Crippen molar-refractivity contribution in [3.8, 4) is 0 Å². The average molecular weight is 276 g/mol. The lowest BCUT2D eigenvalue weighted by Crippen LogP contribution is -2.02. The van der Waals surface area contributed by atoms with E-state index in [0.29, 0.717) is 19.4 Å². The average Bonchev–Trinajstić information content (AvgIpc) is 2.91. The number of aryl methyl sites for hydroxylation is 3. The molecule has 0 atom stereocenters. The minimum absolute atomic E-state index is 0.0980. The van der Waals surface area contributed by atoms with Gasteiger partial charge in [0.15, 0.2) is 0 Å². The van der Waals surface area contributed by atoms with E-state index in [2.05, 4.69) is 10.3 Å². The summed E-state index contributed by atoms with van der Waals surface area (Å²) in [6.07, 6.45) is 4.00. The summed E-state index contributed by atoms with van der Waals surface area (Å²) in [7, 11) is 0. The zero-order valence-electron chi connectivity index (χ0n) is 11.0. The Morgan fingerprint density at radius 2 is 2.00 bits per heavy atom. The number of benzene rings is 1. The number of rotatable bonds is 7. The van der Waals surface area contributed by atoms with Crippen molar-refractivity contribution >= 4 is 5.69 Å². The summed E-state index contributed by atoms with van der Waals surface area (Å²) in [6.45, 7) is 0.819. The molecule has 20 heavy (non-hydrogen) atoms. The molecular formula is C13H16N4O3. The molecule has 0 aliphatic carbocycles. The smallest absolute Gasteiger partial charge is 0.269 e. The summed E-state index contributed by atoms with van der Waals surface area (Å²) in [4.78, 5) is 10.1. The van der Waals surface area contributed by atoms with Crippen LogP contribution in [0, 0.1) is 10.1 Å². The molecular weight excluding hydrogens is 260 g/mol. The van der Waals surface area contributed by atoms with Crippen LogP contribution in [0.25, 0.3) is 0 Å². The molecule has 1 aromatic heterocycles. The first-order chi connectivity index (χ1) is 9.69. The second-order valence-corrected chi connectivity index (χ2v) is 4.47. The highest BCUT2D eigenvalue weighted by Gasteiger charge is 2.05. The zero-order chi connectivity index (χ0) is 14.4. The molecule has 0 aliphatic rings. The van der Waals surface area contributed by atoms with Crippen molar-refractivity contribution in [3.05, 3.63) is 51.8 Å². The Kier molecular flexibility index (Phi) is 4.78. The quantitative estimate of drug-likeness (QED) is 0.608. The van der Waals surface area contributed by atoms with Crippen LogP contribution in [0.15, 0.2) is 30.5 Å². The van der Waals surface area contributed by atoms with E-state index in [0.717, 1.165) is 17.7 Å². The molecule has 106 valence electrons. The van der Waals surface area contributed by atoms with Crippen LogP contribution < -0.4 is 0 Å². The van der Waals surface area contributed by atoms with Crippen LogP contribution in [0.1, 0.15) is 17.7 Å². The number of nitro groups is 1. The van der Waals surface area contributed by atoms with Gasteiger partial charge in [0.2, 0.25) is 0 Å². The highest BCUT2D eigenvalue weighted by atomic mass is 16.6. The molecule has 7 nitrogen and oxygen atoms in total. The van der Waals surface area contributed by atoms with Crippen LogP contribution in [-0.2, 0) is 19.4 Å². The lowest BCUT2D eigenvalue weighted by molar-refractivity contribution is -0.384. The van der Waals surface area contributed by atoms with Crippen LogP contribution in [0.4, 0.5) is 5.69 Å². The summed E-state index contributed by atoms with van der Waals surface area (Å²) < 4.78 is 1.74. The molecule has 0 bridgehead atoms. The zero-order valence-corrected chi connectivity index (χ0v) is 11.0. The van der Waals surface area contributed by atoms with Crippen molar-refractivity contribution in [2.45, 2.75) is 25.8 Å². The minimum Gasteiger partial charge on any atom is -0.396 e. The molecule has 1 heterocycles. The molecule has 0 fully saturated rings.